The van der Waals surface area contributed by atoms with Crippen LogP contribution in [-0.2, 0) is 0 Å². The lowest BCUT2D eigenvalue weighted by Crippen LogP contribution is -2.44. The Kier molecular flexibility index (Phi) is 4.83. The van der Waals surface area contributed by atoms with Crippen LogP contribution in [-0.4, -0.2) is 21.5 Å². The van der Waals surface area contributed by atoms with Crippen LogP contribution in [0.25, 0.3) is 0 Å². The van der Waals surface area contributed by atoms with Gasteiger partial charge in [0.15, 0.2) is 5.11 Å². The first-order chi connectivity index (χ1) is 8.69. The Morgan fingerprint density at radius 3 is 2.58 bits per heavy atom. The maximum Gasteiger partial charge on any atom is 0.187 e. The summed E-state index contributed by atoms with van der Waals surface area (Å²) >= 11 is 5.06. The normalized spacial score (nSPS) is 12.2. The summed E-state index contributed by atoms with van der Waals surface area (Å²) in [6, 6.07) is 3.69. The van der Waals surface area contributed by atoms with Gasteiger partial charge in [-0.1, -0.05) is 0 Å². The summed E-state index contributed by atoms with van der Waals surface area (Å²) < 4.78 is 13.1. The summed E-state index contributed by atoms with van der Waals surface area (Å²) in [6.07, 6.45) is 0. The van der Waals surface area contributed by atoms with Crippen molar-refractivity contribution < 1.29 is 9.50 Å². The average Bonchev–Trinajstić information content (AvgIpc) is 2.27. The van der Waals surface area contributed by atoms with Crippen LogP contribution in [0.2, 0.25) is 0 Å². The summed E-state index contributed by atoms with van der Waals surface area (Å²) in [6.45, 7) is 7.56. The predicted octanol–water partition coefficient (Wildman–Crippen LogP) is 2.52. The zero-order chi connectivity index (χ0) is 14.6. The lowest BCUT2D eigenvalue weighted by molar-refractivity contribution is 0.471. The highest BCUT2D eigenvalue weighted by Gasteiger charge is 2.11. The molecule has 0 unspecified atom stereocenters. The Labute approximate surface area is 117 Å². The summed E-state index contributed by atoms with van der Waals surface area (Å²) in [4.78, 5) is 0. The lowest BCUT2D eigenvalue weighted by Gasteiger charge is -2.21. The van der Waals surface area contributed by atoms with E-state index in [2.05, 4.69) is 15.8 Å². The minimum atomic E-state index is -0.433. The van der Waals surface area contributed by atoms with Crippen molar-refractivity contribution in [3.8, 4) is 5.75 Å². The molecular weight excluding hydrogens is 265 g/mol. The molecule has 1 aromatic carbocycles. The van der Waals surface area contributed by atoms with Crippen molar-refractivity contribution in [3.05, 3.63) is 29.6 Å². The van der Waals surface area contributed by atoms with Crippen molar-refractivity contribution in [3.63, 3.8) is 0 Å². The van der Waals surface area contributed by atoms with Gasteiger partial charge in [0.05, 0.1) is 5.71 Å². The molecule has 0 bridgehead atoms. The van der Waals surface area contributed by atoms with Crippen LogP contribution in [0.5, 0.6) is 5.75 Å². The fraction of sp³-hybridized carbons (Fsp3) is 0.385. The third kappa shape index (κ3) is 5.21. The van der Waals surface area contributed by atoms with Crippen molar-refractivity contribution in [2.75, 3.05) is 0 Å². The van der Waals surface area contributed by atoms with Gasteiger partial charge in [0.25, 0.3) is 0 Å². The Morgan fingerprint density at radius 2 is 2.00 bits per heavy atom. The van der Waals surface area contributed by atoms with E-state index in [-0.39, 0.29) is 11.3 Å². The topological polar surface area (TPSA) is 56.7 Å². The number of benzene rings is 1. The number of hydrazone groups is 1. The van der Waals surface area contributed by atoms with E-state index < -0.39 is 5.82 Å². The monoisotopic (exact) mass is 283 g/mol. The van der Waals surface area contributed by atoms with Gasteiger partial charge in [-0.25, -0.2) is 4.39 Å². The van der Waals surface area contributed by atoms with E-state index in [1.54, 1.807) is 6.92 Å². The Balaban J connectivity index is 2.77. The Morgan fingerprint density at radius 1 is 1.37 bits per heavy atom. The summed E-state index contributed by atoms with van der Waals surface area (Å²) in [5, 5.41) is 17.0. The summed E-state index contributed by atoms with van der Waals surface area (Å²) in [7, 11) is 0. The molecule has 19 heavy (non-hydrogen) atoms. The molecule has 0 aliphatic rings. The molecule has 0 aliphatic heterocycles. The fourth-order valence-corrected chi connectivity index (χ4v) is 1.71. The van der Waals surface area contributed by atoms with Gasteiger partial charge in [0, 0.05) is 11.1 Å². The zero-order valence-electron chi connectivity index (χ0n) is 11.4. The van der Waals surface area contributed by atoms with Gasteiger partial charge in [-0.15, -0.1) is 0 Å². The molecule has 0 spiro atoms. The number of hydrogen-bond acceptors (Lipinski definition) is 3. The smallest absolute Gasteiger partial charge is 0.187 e. The molecule has 0 amide bonds. The lowest BCUT2D eigenvalue weighted by atomic mass is 10.1. The summed E-state index contributed by atoms with van der Waals surface area (Å²) in [5.74, 6) is -0.461. The summed E-state index contributed by atoms with van der Waals surface area (Å²) in [5.41, 5.74) is 3.25. The van der Waals surface area contributed by atoms with E-state index in [0.717, 1.165) is 0 Å². The van der Waals surface area contributed by atoms with Gasteiger partial charge in [0.1, 0.15) is 11.6 Å². The molecule has 3 N–H and O–H groups in total. The SMILES string of the molecule is CC(=NNC(=S)NC(C)(C)C)c1cc(F)ccc1O. The van der Waals surface area contributed by atoms with Gasteiger partial charge in [0.2, 0.25) is 0 Å². The number of phenols is 1. The second kappa shape index (κ2) is 5.97. The van der Waals surface area contributed by atoms with Crippen LogP contribution in [0, 0.1) is 5.82 Å². The number of halogens is 1. The van der Waals surface area contributed by atoms with E-state index in [9.17, 15) is 9.50 Å². The van der Waals surface area contributed by atoms with Gasteiger partial charge in [-0.05, 0) is 58.1 Å². The number of rotatable bonds is 2. The van der Waals surface area contributed by atoms with Gasteiger partial charge < -0.3 is 10.4 Å². The van der Waals surface area contributed by atoms with Crippen LogP contribution >= 0.6 is 12.2 Å². The van der Waals surface area contributed by atoms with Crippen LogP contribution in [0.15, 0.2) is 23.3 Å². The molecule has 104 valence electrons. The second-order valence-corrected chi connectivity index (χ2v) is 5.58. The third-order valence-electron chi connectivity index (χ3n) is 2.16. The van der Waals surface area contributed by atoms with Crippen LogP contribution in [0.1, 0.15) is 33.3 Å². The van der Waals surface area contributed by atoms with Crippen LogP contribution < -0.4 is 10.7 Å². The molecule has 1 aromatic rings. The number of nitrogens with one attached hydrogen (secondary N) is 2. The van der Waals surface area contributed by atoms with E-state index in [1.807, 2.05) is 20.8 Å². The van der Waals surface area contributed by atoms with Crippen molar-refractivity contribution in [2.45, 2.75) is 33.2 Å². The first-order valence-corrected chi connectivity index (χ1v) is 6.21. The minimum Gasteiger partial charge on any atom is -0.507 e. The number of phenolic OH excluding ortho intramolecular Hbond substituents is 1. The van der Waals surface area contributed by atoms with Crippen molar-refractivity contribution in [1.29, 1.82) is 0 Å². The maximum absolute atomic E-state index is 13.1. The van der Waals surface area contributed by atoms with Gasteiger partial charge in [-0.3, -0.25) is 5.43 Å². The molecule has 0 aromatic heterocycles. The maximum atomic E-state index is 13.1. The fourth-order valence-electron chi connectivity index (χ4n) is 1.36. The number of hydrogen-bond donors (Lipinski definition) is 3. The highest BCUT2D eigenvalue weighted by Crippen LogP contribution is 2.18. The van der Waals surface area contributed by atoms with Gasteiger partial charge >= 0.3 is 0 Å². The van der Waals surface area contributed by atoms with Crippen LogP contribution in [0.3, 0.4) is 0 Å². The van der Waals surface area contributed by atoms with Crippen molar-refractivity contribution >= 4 is 23.0 Å². The standard InChI is InChI=1S/C13H18FN3OS/c1-8(10-7-9(14)5-6-11(10)18)16-17-12(19)15-13(2,3)4/h5-7,18H,1-4H3,(H2,15,17,19). The highest BCUT2D eigenvalue weighted by molar-refractivity contribution is 7.80. The number of thiocarbonyl (C=S) groups is 1. The first kappa shape index (κ1) is 15.4. The molecule has 0 aliphatic carbocycles. The van der Waals surface area contributed by atoms with E-state index in [4.69, 9.17) is 12.2 Å². The molecule has 0 saturated heterocycles. The molecule has 6 heteroatoms. The molecule has 0 atom stereocenters. The Hall–Kier alpha value is -1.69. The predicted molar refractivity (Wildman–Crippen MR) is 78.9 cm³/mol. The second-order valence-electron chi connectivity index (χ2n) is 5.17. The number of aromatic hydroxyl groups is 1. The first-order valence-electron chi connectivity index (χ1n) is 5.80. The Bertz CT molecular complexity index is 509. The molecule has 0 saturated carbocycles. The van der Waals surface area contributed by atoms with E-state index >= 15 is 0 Å². The molecule has 0 heterocycles. The van der Waals surface area contributed by atoms with Crippen molar-refractivity contribution in [1.82, 2.24) is 10.7 Å². The quantitative estimate of drug-likeness (QED) is 0.443. The third-order valence-corrected chi connectivity index (χ3v) is 2.36. The van der Waals surface area contributed by atoms with Crippen LogP contribution in [0.4, 0.5) is 4.39 Å². The van der Waals surface area contributed by atoms with Gasteiger partial charge in [-0.2, -0.15) is 5.10 Å². The zero-order valence-corrected chi connectivity index (χ0v) is 12.2. The largest absolute Gasteiger partial charge is 0.507 e. The minimum absolute atomic E-state index is 0.0286. The molecule has 0 fully saturated rings. The van der Waals surface area contributed by atoms with E-state index in [1.165, 1.54) is 18.2 Å². The number of nitrogens with zero attached hydrogens (tertiary/aromatic N) is 1. The molecule has 0 radical (unpaired) electrons. The molecular formula is C13H18FN3OS. The molecule has 4 nitrogen and oxygen atoms in total. The highest BCUT2D eigenvalue weighted by atomic mass is 32.1. The van der Waals surface area contributed by atoms with E-state index in [0.29, 0.717) is 16.4 Å². The average molecular weight is 283 g/mol. The molecule has 1 rings (SSSR count). The van der Waals surface area contributed by atoms with Crippen molar-refractivity contribution in [2.24, 2.45) is 5.10 Å².